The molecule has 0 aliphatic carbocycles. The smallest absolute Gasteiger partial charge is 0.161 e. The predicted molar refractivity (Wildman–Crippen MR) is 82.2 cm³/mol. The van der Waals surface area contributed by atoms with Gasteiger partial charge in [-0.05, 0) is 36.4 Å². The highest BCUT2D eigenvalue weighted by molar-refractivity contribution is 6.04. The fraction of sp³-hybridized carbons (Fsp3) is 0.118. The summed E-state index contributed by atoms with van der Waals surface area (Å²) in [6, 6.07) is 9.66. The number of nitrogens with one attached hydrogen (secondary N) is 1. The highest BCUT2D eigenvalue weighted by atomic mass is 19.1. The Morgan fingerprint density at radius 3 is 2.50 bits per heavy atom. The average Bonchev–Trinajstić information content (AvgIpc) is 2.91. The number of fused-ring (bicyclic) bond motifs is 1. The van der Waals surface area contributed by atoms with Crippen LogP contribution in [0, 0.1) is 5.82 Å². The van der Waals surface area contributed by atoms with Crippen molar-refractivity contribution in [1.82, 2.24) is 4.98 Å². The molecule has 5 heteroatoms. The normalized spacial score (nSPS) is 10.7. The number of H-pyrrole nitrogens is 1. The van der Waals surface area contributed by atoms with Gasteiger partial charge in [0, 0.05) is 22.0 Å². The Morgan fingerprint density at radius 2 is 1.82 bits per heavy atom. The molecule has 1 heterocycles. The monoisotopic (exact) mass is 299 g/mol. The molecule has 0 saturated heterocycles. The van der Waals surface area contributed by atoms with E-state index in [1.807, 2.05) is 6.07 Å². The second-order valence-electron chi connectivity index (χ2n) is 4.79. The summed E-state index contributed by atoms with van der Waals surface area (Å²) in [4.78, 5) is 14.6. The summed E-state index contributed by atoms with van der Waals surface area (Å²) in [6.45, 7) is 0. The molecule has 0 amide bonds. The third kappa shape index (κ3) is 2.20. The Kier molecular flexibility index (Phi) is 3.55. The van der Waals surface area contributed by atoms with Crippen molar-refractivity contribution in [1.29, 1.82) is 0 Å². The maximum absolute atomic E-state index is 13.4. The molecule has 3 aromatic rings. The molecule has 22 heavy (non-hydrogen) atoms. The van der Waals surface area contributed by atoms with Gasteiger partial charge in [-0.3, -0.25) is 4.79 Å². The molecule has 1 aromatic heterocycles. The van der Waals surface area contributed by atoms with Crippen LogP contribution in [0.3, 0.4) is 0 Å². The van der Waals surface area contributed by atoms with Crippen molar-refractivity contribution >= 4 is 17.2 Å². The van der Waals surface area contributed by atoms with Crippen LogP contribution in [0.5, 0.6) is 11.5 Å². The third-order valence-corrected chi connectivity index (χ3v) is 3.59. The maximum atomic E-state index is 13.4. The second-order valence-corrected chi connectivity index (χ2v) is 4.79. The zero-order valence-electron chi connectivity index (χ0n) is 12.1. The molecule has 0 bridgehead atoms. The summed E-state index contributed by atoms with van der Waals surface area (Å²) in [5.41, 5.74) is 2.50. The number of methoxy groups -OCH3 is 2. The molecule has 0 aliphatic rings. The van der Waals surface area contributed by atoms with E-state index in [4.69, 9.17) is 9.47 Å². The molecule has 0 saturated carbocycles. The Labute approximate surface area is 126 Å². The van der Waals surface area contributed by atoms with Crippen molar-refractivity contribution in [3.8, 4) is 22.8 Å². The lowest BCUT2D eigenvalue weighted by molar-refractivity contribution is 0.112. The minimum Gasteiger partial charge on any atom is -0.493 e. The van der Waals surface area contributed by atoms with E-state index in [2.05, 4.69) is 4.98 Å². The van der Waals surface area contributed by atoms with E-state index in [1.54, 1.807) is 32.4 Å². The fourth-order valence-corrected chi connectivity index (χ4v) is 2.53. The van der Waals surface area contributed by atoms with Gasteiger partial charge in [-0.2, -0.15) is 0 Å². The van der Waals surface area contributed by atoms with Crippen LogP contribution in [0.1, 0.15) is 10.4 Å². The van der Waals surface area contributed by atoms with E-state index in [0.717, 1.165) is 11.8 Å². The van der Waals surface area contributed by atoms with E-state index in [9.17, 15) is 9.18 Å². The Bertz CT molecular complexity index is 854. The van der Waals surface area contributed by atoms with Crippen molar-refractivity contribution in [3.63, 3.8) is 0 Å². The summed E-state index contributed by atoms with van der Waals surface area (Å²) >= 11 is 0. The molecule has 112 valence electrons. The molecule has 0 spiro atoms. The van der Waals surface area contributed by atoms with E-state index in [-0.39, 0.29) is 5.82 Å². The molecule has 0 unspecified atom stereocenters. The van der Waals surface area contributed by atoms with Crippen LogP contribution in [-0.2, 0) is 0 Å². The van der Waals surface area contributed by atoms with Gasteiger partial charge in [0.05, 0.1) is 19.9 Å². The van der Waals surface area contributed by atoms with Crippen molar-refractivity contribution in [3.05, 3.63) is 47.8 Å². The maximum Gasteiger partial charge on any atom is 0.161 e. The van der Waals surface area contributed by atoms with Crippen LogP contribution in [0.25, 0.3) is 22.2 Å². The van der Waals surface area contributed by atoms with Crippen LogP contribution >= 0.6 is 0 Å². The molecule has 4 nitrogen and oxygen atoms in total. The van der Waals surface area contributed by atoms with Gasteiger partial charge >= 0.3 is 0 Å². The second kappa shape index (κ2) is 5.52. The van der Waals surface area contributed by atoms with Crippen molar-refractivity contribution in [2.24, 2.45) is 0 Å². The van der Waals surface area contributed by atoms with Gasteiger partial charge in [0.15, 0.2) is 17.8 Å². The number of aldehydes is 1. The van der Waals surface area contributed by atoms with Crippen LogP contribution in [0.15, 0.2) is 36.4 Å². The van der Waals surface area contributed by atoms with Gasteiger partial charge in [0.25, 0.3) is 0 Å². The van der Waals surface area contributed by atoms with E-state index >= 15 is 0 Å². The highest BCUT2D eigenvalue weighted by Crippen LogP contribution is 2.35. The molecule has 0 fully saturated rings. The lowest BCUT2D eigenvalue weighted by atomic mass is 10.1. The van der Waals surface area contributed by atoms with Crippen molar-refractivity contribution in [2.75, 3.05) is 14.2 Å². The van der Waals surface area contributed by atoms with Crippen molar-refractivity contribution in [2.45, 2.75) is 0 Å². The van der Waals surface area contributed by atoms with Gasteiger partial charge < -0.3 is 14.5 Å². The zero-order chi connectivity index (χ0) is 15.7. The standard InChI is InChI=1S/C17H14FNO3/c1-21-15-6-3-10(7-16(15)22-2)17-13(9-20)12-8-11(18)4-5-14(12)19-17/h3-9,19H,1-2H3. The summed E-state index contributed by atoms with van der Waals surface area (Å²) in [5, 5.41) is 0.555. The van der Waals surface area contributed by atoms with Crippen molar-refractivity contribution < 1.29 is 18.7 Å². The lowest BCUT2D eigenvalue weighted by Crippen LogP contribution is -1.92. The van der Waals surface area contributed by atoms with E-state index < -0.39 is 0 Å². The minimum atomic E-state index is -0.381. The number of aromatic nitrogens is 1. The van der Waals surface area contributed by atoms with Gasteiger partial charge in [-0.1, -0.05) is 0 Å². The summed E-state index contributed by atoms with van der Waals surface area (Å²) in [7, 11) is 3.10. The van der Waals surface area contributed by atoms with Gasteiger partial charge in [0.1, 0.15) is 5.82 Å². The average molecular weight is 299 g/mol. The fourth-order valence-electron chi connectivity index (χ4n) is 2.53. The zero-order valence-corrected chi connectivity index (χ0v) is 12.1. The number of carbonyl (C=O) groups is 1. The van der Waals surface area contributed by atoms with Crippen LogP contribution in [-0.4, -0.2) is 25.5 Å². The SMILES string of the molecule is COc1ccc(-c2[nH]c3ccc(F)cc3c2C=O)cc1OC. The molecule has 2 aromatic carbocycles. The van der Waals surface area contributed by atoms with E-state index in [1.165, 1.54) is 12.1 Å². The van der Waals surface area contributed by atoms with Crippen LogP contribution in [0.4, 0.5) is 4.39 Å². The highest BCUT2D eigenvalue weighted by Gasteiger charge is 2.15. The molecule has 0 aliphatic heterocycles. The number of carbonyl (C=O) groups excluding carboxylic acids is 1. The first kappa shape index (κ1) is 14.1. The summed E-state index contributed by atoms with van der Waals surface area (Å²) < 4.78 is 23.9. The number of aromatic amines is 1. The number of benzene rings is 2. The van der Waals surface area contributed by atoms with Gasteiger partial charge in [-0.15, -0.1) is 0 Å². The topological polar surface area (TPSA) is 51.3 Å². The number of hydrogen-bond acceptors (Lipinski definition) is 3. The minimum absolute atomic E-state index is 0.381. The van der Waals surface area contributed by atoms with Gasteiger partial charge in [-0.25, -0.2) is 4.39 Å². The number of halogens is 1. The largest absolute Gasteiger partial charge is 0.493 e. The number of rotatable bonds is 4. The van der Waals surface area contributed by atoms with Crippen LogP contribution in [0.2, 0.25) is 0 Å². The number of ether oxygens (including phenoxy) is 2. The Balaban J connectivity index is 2.23. The molecule has 3 rings (SSSR count). The quantitative estimate of drug-likeness (QED) is 0.745. The molecular formula is C17H14FNO3. The molecule has 1 N–H and O–H groups in total. The summed E-state index contributed by atoms with van der Waals surface area (Å²) in [6.07, 6.45) is 0.727. The molecular weight excluding hydrogens is 285 g/mol. The molecule has 0 radical (unpaired) electrons. The van der Waals surface area contributed by atoms with E-state index in [0.29, 0.717) is 33.7 Å². The van der Waals surface area contributed by atoms with Gasteiger partial charge in [0.2, 0.25) is 0 Å². The predicted octanol–water partition coefficient (Wildman–Crippen LogP) is 3.80. The Morgan fingerprint density at radius 1 is 1.05 bits per heavy atom. The first-order chi connectivity index (χ1) is 10.7. The lowest BCUT2D eigenvalue weighted by Gasteiger charge is -2.09. The first-order valence-corrected chi connectivity index (χ1v) is 6.66. The van der Waals surface area contributed by atoms with Crippen LogP contribution < -0.4 is 9.47 Å². The number of hydrogen-bond donors (Lipinski definition) is 1. The molecule has 0 atom stereocenters. The summed E-state index contributed by atoms with van der Waals surface area (Å²) in [5.74, 6) is 0.774. The third-order valence-electron chi connectivity index (χ3n) is 3.59. The first-order valence-electron chi connectivity index (χ1n) is 6.66. The Hall–Kier alpha value is -2.82.